The van der Waals surface area contributed by atoms with Crippen LogP contribution >= 0.6 is 0 Å². The van der Waals surface area contributed by atoms with Gasteiger partial charge in [0.2, 0.25) is 0 Å². The van der Waals surface area contributed by atoms with Crippen molar-refractivity contribution in [3.05, 3.63) is 0 Å². The first-order valence-electron chi connectivity index (χ1n) is 11.2. The number of hydrogen-bond acceptors (Lipinski definition) is 4. The first-order valence-corrected chi connectivity index (χ1v) is 11.2. The second kappa shape index (κ2) is 9.45. The van der Waals surface area contributed by atoms with Gasteiger partial charge < -0.3 is 10.6 Å². The summed E-state index contributed by atoms with van der Waals surface area (Å²) in [6.07, 6.45) is 10.7. The molecule has 0 bridgehead atoms. The van der Waals surface area contributed by atoms with Crippen molar-refractivity contribution in [2.24, 2.45) is 23.7 Å². The number of unbranched alkanes of at least 4 members (excludes halogenated alkanes) is 2. The van der Waals surface area contributed by atoms with Crippen LogP contribution in [-0.4, -0.2) is 36.7 Å². The van der Waals surface area contributed by atoms with E-state index in [-0.39, 0.29) is 35.8 Å². The van der Waals surface area contributed by atoms with E-state index < -0.39 is 0 Å². The van der Waals surface area contributed by atoms with Crippen LogP contribution in [0.5, 0.6) is 0 Å². The molecule has 0 aromatic heterocycles. The summed E-state index contributed by atoms with van der Waals surface area (Å²) in [5.74, 6) is 0.675. The van der Waals surface area contributed by atoms with E-state index in [1.165, 1.54) is 0 Å². The number of ketones is 2. The van der Waals surface area contributed by atoms with Crippen LogP contribution in [0.1, 0.15) is 78.1 Å². The maximum Gasteiger partial charge on any atom is 0.142 e. The van der Waals surface area contributed by atoms with Crippen LogP contribution < -0.4 is 10.6 Å². The van der Waals surface area contributed by atoms with Crippen LogP contribution in [-0.2, 0) is 9.59 Å². The van der Waals surface area contributed by atoms with Gasteiger partial charge in [-0.25, -0.2) is 0 Å². The minimum Gasteiger partial charge on any atom is -0.313 e. The third kappa shape index (κ3) is 4.06. The maximum atomic E-state index is 13.4. The molecule has 0 amide bonds. The van der Waals surface area contributed by atoms with E-state index in [0.29, 0.717) is 11.6 Å². The lowest BCUT2D eigenvalue weighted by Crippen LogP contribution is -2.63. The Morgan fingerprint density at radius 1 is 0.731 bits per heavy atom. The number of rotatable bonds is 8. The highest BCUT2D eigenvalue weighted by Crippen LogP contribution is 2.46. The minimum atomic E-state index is -0.0911. The van der Waals surface area contributed by atoms with Crippen LogP contribution in [0.25, 0.3) is 0 Å². The molecule has 0 spiro atoms. The van der Waals surface area contributed by atoms with Crippen molar-refractivity contribution in [2.75, 3.05) is 13.1 Å². The van der Waals surface area contributed by atoms with Gasteiger partial charge in [0, 0.05) is 35.8 Å². The standard InChI is InChI=1S/C22H38N2O2/c1-3-5-13-23-17-11-12-18(24-14-6-4-2)20-19(17)21(25)15-9-7-8-10-16(15)22(20)26/h15-20,23-24H,3-14H2,1-2H3. The molecule has 148 valence electrons. The Labute approximate surface area is 159 Å². The summed E-state index contributed by atoms with van der Waals surface area (Å²) >= 11 is 0. The highest BCUT2D eigenvalue weighted by atomic mass is 16.1. The van der Waals surface area contributed by atoms with Gasteiger partial charge in [-0.3, -0.25) is 9.59 Å². The predicted molar refractivity (Wildman–Crippen MR) is 105 cm³/mol. The summed E-state index contributed by atoms with van der Waals surface area (Å²) in [7, 11) is 0. The highest BCUT2D eigenvalue weighted by Gasteiger charge is 2.55. The van der Waals surface area contributed by atoms with E-state index in [1.54, 1.807) is 0 Å². The van der Waals surface area contributed by atoms with E-state index in [2.05, 4.69) is 24.5 Å². The van der Waals surface area contributed by atoms with E-state index >= 15 is 0 Å². The molecule has 3 fully saturated rings. The number of hydrogen-bond donors (Lipinski definition) is 2. The van der Waals surface area contributed by atoms with Crippen molar-refractivity contribution < 1.29 is 9.59 Å². The van der Waals surface area contributed by atoms with Gasteiger partial charge in [0.05, 0.1) is 0 Å². The van der Waals surface area contributed by atoms with Crippen molar-refractivity contribution in [3.63, 3.8) is 0 Å². The van der Waals surface area contributed by atoms with Gasteiger partial charge in [-0.1, -0.05) is 39.5 Å². The fraction of sp³-hybridized carbons (Fsp3) is 0.909. The van der Waals surface area contributed by atoms with Crippen LogP contribution in [0, 0.1) is 23.7 Å². The summed E-state index contributed by atoms with van der Waals surface area (Å²) in [6, 6.07) is 0.408. The smallest absolute Gasteiger partial charge is 0.142 e. The van der Waals surface area contributed by atoms with Gasteiger partial charge in [-0.05, 0) is 51.6 Å². The lowest BCUT2D eigenvalue weighted by molar-refractivity contribution is -0.153. The molecule has 2 N–H and O–H groups in total. The molecule has 6 unspecified atom stereocenters. The molecule has 0 saturated heterocycles. The van der Waals surface area contributed by atoms with Gasteiger partial charge in [0.1, 0.15) is 11.6 Å². The van der Waals surface area contributed by atoms with E-state index in [1.807, 2.05) is 0 Å². The van der Waals surface area contributed by atoms with Crippen LogP contribution in [0.3, 0.4) is 0 Å². The van der Waals surface area contributed by atoms with Crippen molar-refractivity contribution in [1.82, 2.24) is 10.6 Å². The summed E-state index contributed by atoms with van der Waals surface area (Å²) in [5.41, 5.74) is 0. The van der Waals surface area contributed by atoms with Gasteiger partial charge in [-0.2, -0.15) is 0 Å². The molecule has 0 heterocycles. The van der Waals surface area contributed by atoms with Crippen LogP contribution in [0.2, 0.25) is 0 Å². The van der Waals surface area contributed by atoms with Gasteiger partial charge in [0.15, 0.2) is 0 Å². The Kier molecular flexibility index (Phi) is 7.27. The summed E-state index contributed by atoms with van der Waals surface area (Å²) in [6.45, 7) is 6.32. The second-order valence-corrected chi connectivity index (χ2v) is 8.76. The van der Waals surface area contributed by atoms with Gasteiger partial charge >= 0.3 is 0 Å². The van der Waals surface area contributed by atoms with E-state index in [4.69, 9.17) is 0 Å². The van der Waals surface area contributed by atoms with Crippen molar-refractivity contribution in [1.29, 1.82) is 0 Å². The molecule has 4 heteroatoms. The van der Waals surface area contributed by atoms with E-state index in [0.717, 1.165) is 77.3 Å². The number of carbonyl (C=O) groups is 2. The zero-order valence-electron chi connectivity index (χ0n) is 16.8. The number of fused-ring (bicyclic) bond motifs is 2. The fourth-order valence-electron chi connectivity index (χ4n) is 5.66. The second-order valence-electron chi connectivity index (χ2n) is 8.76. The van der Waals surface area contributed by atoms with Crippen molar-refractivity contribution >= 4 is 11.6 Å². The first kappa shape index (κ1) is 20.0. The van der Waals surface area contributed by atoms with Gasteiger partial charge in [-0.15, -0.1) is 0 Å². The van der Waals surface area contributed by atoms with Crippen molar-refractivity contribution in [3.8, 4) is 0 Å². The summed E-state index contributed by atoms with van der Waals surface area (Å²) < 4.78 is 0. The molecule has 3 rings (SSSR count). The van der Waals surface area contributed by atoms with Crippen molar-refractivity contribution in [2.45, 2.75) is 90.1 Å². The molecule has 0 aromatic carbocycles. The quantitative estimate of drug-likeness (QED) is 0.649. The molecule has 3 aliphatic rings. The number of carbonyl (C=O) groups excluding carboxylic acids is 2. The Balaban J connectivity index is 1.79. The molecule has 3 saturated carbocycles. The molecular weight excluding hydrogens is 324 g/mol. The van der Waals surface area contributed by atoms with Crippen LogP contribution in [0.4, 0.5) is 0 Å². The van der Waals surface area contributed by atoms with Crippen LogP contribution in [0.15, 0.2) is 0 Å². The average Bonchev–Trinajstić information content (AvgIpc) is 2.67. The molecule has 26 heavy (non-hydrogen) atoms. The maximum absolute atomic E-state index is 13.4. The minimum absolute atomic E-state index is 0.0161. The van der Waals surface area contributed by atoms with Gasteiger partial charge in [0.25, 0.3) is 0 Å². The highest BCUT2D eigenvalue weighted by molar-refractivity contribution is 6.00. The molecule has 3 aliphatic carbocycles. The largest absolute Gasteiger partial charge is 0.313 e. The molecule has 0 aromatic rings. The number of nitrogens with one attached hydrogen (secondary N) is 2. The molecule has 0 aliphatic heterocycles. The molecule has 4 nitrogen and oxygen atoms in total. The Hall–Kier alpha value is -0.740. The zero-order chi connectivity index (χ0) is 18.5. The number of Topliss-reactive ketones (excluding diaryl/α,β-unsaturated/α-hetero) is 2. The monoisotopic (exact) mass is 362 g/mol. The normalized spacial score (nSPS) is 37.3. The zero-order valence-corrected chi connectivity index (χ0v) is 16.8. The summed E-state index contributed by atoms with van der Waals surface area (Å²) in [5, 5.41) is 7.31. The topological polar surface area (TPSA) is 58.2 Å². The average molecular weight is 363 g/mol. The lowest BCUT2D eigenvalue weighted by atomic mass is 9.56. The summed E-state index contributed by atoms with van der Waals surface area (Å²) in [4.78, 5) is 26.9. The molecule has 6 atom stereocenters. The lowest BCUT2D eigenvalue weighted by Gasteiger charge is -2.50. The van der Waals surface area contributed by atoms with E-state index in [9.17, 15) is 9.59 Å². The Bertz CT molecular complexity index is 449. The fourth-order valence-corrected chi connectivity index (χ4v) is 5.66. The Morgan fingerprint density at radius 2 is 1.15 bits per heavy atom. The SMILES string of the molecule is CCCCNC1CCC(NCCCC)C2C(=O)C3CCCCC3C(=O)C12. The molecular formula is C22H38N2O2. The third-order valence-corrected chi connectivity index (χ3v) is 7.07. The third-order valence-electron chi connectivity index (χ3n) is 7.07. The molecule has 0 radical (unpaired) electrons. The Morgan fingerprint density at radius 3 is 1.54 bits per heavy atom. The predicted octanol–water partition coefficient (Wildman–Crippen LogP) is 3.49. The first-order chi connectivity index (χ1) is 12.7.